The van der Waals surface area contributed by atoms with E-state index < -0.39 is 20.5 Å². The second-order valence-corrected chi connectivity index (χ2v) is 7.18. The SMILES string of the molecule is CN(c1ccc(OS(=O)(=O)F)cc1)S(=O)(=O)c1ccccc1. The summed E-state index contributed by atoms with van der Waals surface area (Å²) in [6.07, 6.45) is 0. The standard InChI is InChI=1S/C13H12FNO5S2/c1-15(21(16,17)13-5-3-2-4-6-13)11-7-9-12(10-8-11)20-22(14,18)19/h2-10H,1H3. The minimum Gasteiger partial charge on any atom is -0.358 e. The molecule has 0 radical (unpaired) electrons. The number of benzene rings is 2. The minimum absolute atomic E-state index is 0.115. The highest BCUT2D eigenvalue weighted by Crippen LogP contribution is 2.24. The zero-order chi connectivity index (χ0) is 16.4. The van der Waals surface area contributed by atoms with E-state index in [9.17, 15) is 20.7 Å². The zero-order valence-corrected chi connectivity index (χ0v) is 13.0. The van der Waals surface area contributed by atoms with Crippen molar-refractivity contribution in [2.45, 2.75) is 4.90 Å². The second-order valence-electron chi connectivity index (χ2n) is 4.26. The Hall–Kier alpha value is -2.13. The van der Waals surface area contributed by atoms with Gasteiger partial charge in [0, 0.05) is 7.05 Å². The molecule has 0 aliphatic carbocycles. The first-order valence-corrected chi connectivity index (χ1v) is 8.73. The zero-order valence-electron chi connectivity index (χ0n) is 11.4. The number of hydrogen-bond acceptors (Lipinski definition) is 5. The maximum Gasteiger partial charge on any atom is 0.488 e. The summed E-state index contributed by atoms with van der Waals surface area (Å²) in [4.78, 5) is 0.115. The highest BCUT2D eigenvalue weighted by atomic mass is 32.3. The van der Waals surface area contributed by atoms with Crippen LogP contribution in [0.4, 0.5) is 9.57 Å². The number of nitrogens with zero attached hydrogens (tertiary/aromatic N) is 1. The third-order valence-corrected chi connectivity index (χ3v) is 4.99. The normalized spacial score (nSPS) is 11.9. The molecule has 0 spiro atoms. The van der Waals surface area contributed by atoms with Crippen molar-refractivity contribution in [3.8, 4) is 5.75 Å². The van der Waals surface area contributed by atoms with Crippen LogP contribution in [0.1, 0.15) is 0 Å². The average molecular weight is 345 g/mol. The Bertz CT molecular complexity index is 849. The van der Waals surface area contributed by atoms with Gasteiger partial charge in [0.05, 0.1) is 10.6 Å². The fraction of sp³-hybridized carbons (Fsp3) is 0.0769. The molecule has 2 aromatic carbocycles. The van der Waals surface area contributed by atoms with E-state index in [-0.39, 0.29) is 16.3 Å². The molecule has 0 unspecified atom stereocenters. The predicted octanol–water partition coefficient (Wildman–Crippen LogP) is 2.10. The van der Waals surface area contributed by atoms with Gasteiger partial charge in [0.25, 0.3) is 10.0 Å². The maximum absolute atomic E-state index is 12.4. The number of hydrogen-bond donors (Lipinski definition) is 0. The summed E-state index contributed by atoms with van der Waals surface area (Å²) in [7, 11) is -7.50. The van der Waals surface area contributed by atoms with Crippen LogP contribution in [0.25, 0.3) is 0 Å². The van der Waals surface area contributed by atoms with Crippen molar-refractivity contribution in [1.82, 2.24) is 0 Å². The number of anilines is 1. The van der Waals surface area contributed by atoms with Crippen molar-refractivity contribution in [3.05, 3.63) is 54.6 Å². The first kappa shape index (κ1) is 16.2. The first-order chi connectivity index (χ1) is 10.2. The van der Waals surface area contributed by atoms with Gasteiger partial charge in [-0.15, -0.1) is 0 Å². The molecule has 0 fully saturated rings. The Morgan fingerprint density at radius 2 is 1.45 bits per heavy atom. The van der Waals surface area contributed by atoms with Crippen LogP contribution in [-0.4, -0.2) is 23.9 Å². The van der Waals surface area contributed by atoms with E-state index >= 15 is 0 Å². The van der Waals surface area contributed by atoms with E-state index in [2.05, 4.69) is 4.18 Å². The minimum atomic E-state index is -5.11. The third-order valence-electron chi connectivity index (χ3n) is 2.80. The van der Waals surface area contributed by atoms with Crippen LogP contribution >= 0.6 is 0 Å². The van der Waals surface area contributed by atoms with Gasteiger partial charge >= 0.3 is 10.5 Å². The predicted molar refractivity (Wildman–Crippen MR) is 79.1 cm³/mol. The van der Waals surface area contributed by atoms with Crippen LogP contribution in [0.15, 0.2) is 59.5 Å². The van der Waals surface area contributed by atoms with Gasteiger partial charge in [0.2, 0.25) is 0 Å². The van der Waals surface area contributed by atoms with E-state index in [4.69, 9.17) is 0 Å². The molecule has 0 saturated heterocycles. The van der Waals surface area contributed by atoms with Gasteiger partial charge in [-0.2, -0.15) is 8.42 Å². The molecule has 0 saturated carbocycles. The Labute approximate surface area is 128 Å². The van der Waals surface area contributed by atoms with E-state index in [0.717, 1.165) is 16.4 Å². The molecule has 0 N–H and O–H groups in total. The summed E-state index contributed by atoms with van der Waals surface area (Å²) in [6, 6.07) is 12.7. The lowest BCUT2D eigenvalue weighted by Crippen LogP contribution is -2.26. The van der Waals surface area contributed by atoms with E-state index in [1.807, 2.05) is 0 Å². The first-order valence-electron chi connectivity index (χ1n) is 5.98. The van der Waals surface area contributed by atoms with Crippen LogP contribution in [-0.2, 0) is 20.5 Å². The van der Waals surface area contributed by atoms with Gasteiger partial charge in [-0.1, -0.05) is 22.1 Å². The molecule has 6 nitrogen and oxygen atoms in total. The fourth-order valence-corrected chi connectivity index (χ4v) is 3.27. The smallest absolute Gasteiger partial charge is 0.358 e. The summed E-state index contributed by atoms with van der Waals surface area (Å²) >= 11 is 0. The summed E-state index contributed by atoms with van der Waals surface area (Å²) in [6.45, 7) is 0. The number of rotatable bonds is 5. The summed E-state index contributed by atoms with van der Waals surface area (Å²) in [5.41, 5.74) is 0.271. The Kier molecular flexibility index (Phi) is 4.38. The van der Waals surface area contributed by atoms with Crippen LogP contribution < -0.4 is 8.49 Å². The van der Waals surface area contributed by atoms with Gasteiger partial charge in [-0.05, 0) is 36.4 Å². The van der Waals surface area contributed by atoms with Crippen LogP contribution in [0.2, 0.25) is 0 Å². The van der Waals surface area contributed by atoms with Crippen LogP contribution in [0.5, 0.6) is 5.75 Å². The van der Waals surface area contributed by atoms with Gasteiger partial charge in [-0.3, -0.25) is 4.31 Å². The van der Waals surface area contributed by atoms with Crippen molar-refractivity contribution >= 4 is 26.2 Å². The average Bonchev–Trinajstić information content (AvgIpc) is 2.46. The van der Waals surface area contributed by atoms with Crippen molar-refractivity contribution in [2.75, 3.05) is 11.4 Å². The van der Waals surface area contributed by atoms with Crippen LogP contribution in [0.3, 0.4) is 0 Å². The Morgan fingerprint density at radius 1 is 0.909 bits per heavy atom. The van der Waals surface area contributed by atoms with Crippen LogP contribution in [0, 0.1) is 0 Å². The van der Waals surface area contributed by atoms with Crippen molar-refractivity contribution in [2.24, 2.45) is 0 Å². The quantitative estimate of drug-likeness (QED) is 0.775. The third kappa shape index (κ3) is 3.74. The lowest BCUT2D eigenvalue weighted by Gasteiger charge is -2.19. The number of sulfonamides is 1. The maximum atomic E-state index is 12.4. The van der Waals surface area contributed by atoms with Crippen molar-refractivity contribution in [1.29, 1.82) is 0 Å². The molecule has 2 rings (SSSR count). The van der Waals surface area contributed by atoms with Gasteiger partial charge in [-0.25, -0.2) is 8.42 Å². The highest BCUT2D eigenvalue weighted by Gasteiger charge is 2.21. The molecular formula is C13H12FNO5S2. The van der Waals surface area contributed by atoms with E-state index in [0.29, 0.717) is 0 Å². The molecular weight excluding hydrogens is 333 g/mol. The summed E-state index contributed by atoms with van der Waals surface area (Å²) in [5, 5.41) is 0. The molecule has 0 bridgehead atoms. The van der Waals surface area contributed by atoms with Gasteiger partial charge in [0.15, 0.2) is 0 Å². The number of halogens is 1. The second kappa shape index (κ2) is 5.93. The summed E-state index contributed by atoms with van der Waals surface area (Å²) in [5.74, 6) is -0.253. The van der Waals surface area contributed by atoms with Crippen molar-refractivity contribution in [3.63, 3.8) is 0 Å². The van der Waals surface area contributed by atoms with Crippen molar-refractivity contribution < 1.29 is 24.9 Å². The van der Waals surface area contributed by atoms with E-state index in [1.54, 1.807) is 18.2 Å². The van der Waals surface area contributed by atoms with Gasteiger partial charge < -0.3 is 4.18 Å². The molecule has 0 atom stereocenters. The molecule has 9 heteroatoms. The molecule has 0 aliphatic rings. The highest BCUT2D eigenvalue weighted by molar-refractivity contribution is 7.92. The summed E-state index contributed by atoms with van der Waals surface area (Å²) < 4.78 is 63.0. The Balaban J connectivity index is 2.28. The molecule has 2 aromatic rings. The Morgan fingerprint density at radius 3 is 1.95 bits per heavy atom. The lowest BCUT2D eigenvalue weighted by atomic mass is 10.3. The van der Waals surface area contributed by atoms with Gasteiger partial charge in [0.1, 0.15) is 5.75 Å². The molecule has 0 aliphatic heterocycles. The molecule has 0 aromatic heterocycles. The topological polar surface area (TPSA) is 80.8 Å². The van der Waals surface area contributed by atoms with E-state index in [1.165, 1.54) is 31.3 Å². The molecule has 118 valence electrons. The lowest BCUT2D eigenvalue weighted by molar-refractivity contribution is 0.440. The molecule has 22 heavy (non-hydrogen) atoms. The largest absolute Gasteiger partial charge is 0.488 e. The molecule has 0 amide bonds. The fourth-order valence-electron chi connectivity index (χ4n) is 1.72. The molecule has 0 heterocycles. The monoisotopic (exact) mass is 345 g/mol.